The second-order valence-corrected chi connectivity index (χ2v) is 9.28. The Kier molecular flexibility index (Phi) is 7.36. The number of rotatable bonds is 8. The van der Waals surface area contributed by atoms with Crippen molar-refractivity contribution in [1.82, 2.24) is 9.80 Å². The maximum atomic E-state index is 13.1. The lowest BCUT2D eigenvalue weighted by atomic mass is 9.92. The molecule has 2 heterocycles. The van der Waals surface area contributed by atoms with Gasteiger partial charge in [0.2, 0.25) is 0 Å². The Morgan fingerprint density at radius 2 is 1.78 bits per heavy atom. The molecule has 2 aromatic rings. The molecule has 5 nitrogen and oxygen atoms in total. The van der Waals surface area contributed by atoms with Crippen LogP contribution < -0.4 is 9.47 Å². The predicted octanol–water partition coefficient (Wildman–Crippen LogP) is 4.49. The van der Waals surface area contributed by atoms with Gasteiger partial charge in [-0.05, 0) is 99.0 Å². The van der Waals surface area contributed by atoms with Gasteiger partial charge in [-0.15, -0.1) is 0 Å². The SMILES string of the molecule is COc1ccc(OCCCN2CCCC(CN3CCc4cc(C)c(C)cc4C3=O)C2)cc1. The molecule has 2 aromatic carbocycles. The number of ether oxygens (including phenoxy) is 2. The Morgan fingerprint density at radius 3 is 2.56 bits per heavy atom. The highest BCUT2D eigenvalue weighted by Crippen LogP contribution is 2.25. The number of amides is 1. The van der Waals surface area contributed by atoms with Crippen LogP contribution in [0.1, 0.15) is 46.3 Å². The molecule has 0 bridgehead atoms. The van der Waals surface area contributed by atoms with Gasteiger partial charge in [-0.3, -0.25) is 4.79 Å². The molecule has 0 aromatic heterocycles. The minimum atomic E-state index is 0.222. The van der Waals surface area contributed by atoms with Crippen molar-refractivity contribution in [2.75, 3.05) is 46.4 Å². The molecular weight excluding hydrogens is 400 g/mol. The molecule has 0 spiro atoms. The molecule has 1 saturated heterocycles. The molecule has 0 radical (unpaired) electrons. The molecule has 4 rings (SSSR count). The van der Waals surface area contributed by atoms with Crippen molar-refractivity contribution < 1.29 is 14.3 Å². The van der Waals surface area contributed by atoms with Crippen LogP contribution in [0.15, 0.2) is 36.4 Å². The molecular formula is C27H36N2O3. The zero-order valence-corrected chi connectivity index (χ0v) is 19.7. The number of hydrogen-bond acceptors (Lipinski definition) is 4. The average Bonchev–Trinajstić information content (AvgIpc) is 2.81. The Labute approximate surface area is 192 Å². The quantitative estimate of drug-likeness (QED) is 0.572. The predicted molar refractivity (Wildman–Crippen MR) is 128 cm³/mol. The van der Waals surface area contributed by atoms with Gasteiger partial charge in [-0.25, -0.2) is 0 Å². The largest absolute Gasteiger partial charge is 0.497 e. The molecule has 2 aliphatic heterocycles. The number of fused-ring (bicyclic) bond motifs is 1. The maximum absolute atomic E-state index is 13.1. The van der Waals surface area contributed by atoms with Crippen LogP contribution in [-0.4, -0.2) is 62.1 Å². The molecule has 1 fully saturated rings. The number of carbonyl (C=O) groups excluding carboxylic acids is 1. The van der Waals surface area contributed by atoms with Crippen LogP contribution in [0, 0.1) is 19.8 Å². The van der Waals surface area contributed by atoms with Crippen molar-refractivity contribution in [3.8, 4) is 11.5 Å². The first kappa shape index (κ1) is 22.7. The van der Waals surface area contributed by atoms with Gasteiger partial charge in [0.15, 0.2) is 0 Å². The highest BCUT2D eigenvalue weighted by atomic mass is 16.5. The fourth-order valence-electron chi connectivity index (χ4n) is 4.95. The van der Waals surface area contributed by atoms with Crippen LogP contribution in [0.5, 0.6) is 11.5 Å². The van der Waals surface area contributed by atoms with E-state index in [4.69, 9.17) is 9.47 Å². The van der Waals surface area contributed by atoms with E-state index in [1.54, 1.807) is 7.11 Å². The Morgan fingerprint density at radius 1 is 1.03 bits per heavy atom. The number of hydrogen-bond donors (Lipinski definition) is 0. The van der Waals surface area contributed by atoms with Crippen LogP contribution in [0.25, 0.3) is 0 Å². The number of piperidine rings is 1. The fourth-order valence-corrected chi connectivity index (χ4v) is 4.95. The van der Waals surface area contributed by atoms with Crippen molar-refractivity contribution in [3.63, 3.8) is 0 Å². The van der Waals surface area contributed by atoms with Gasteiger partial charge in [0, 0.05) is 31.7 Å². The standard InChI is InChI=1S/C27H36N2O3/c1-20-16-23-11-14-29(27(30)26(23)17-21(20)2)19-22-6-4-12-28(18-22)13-5-15-32-25-9-7-24(31-3)8-10-25/h7-10,16-17,22H,4-6,11-15,18-19H2,1-3H3. The topological polar surface area (TPSA) is 42.0 Å². The lowest BCUT2D eigenvalue weighted by Gasteiger charge is -2.37. The number of nitrogens with zero attached hydrogens (tertiary/aromatic N) is 2. The van der Waals surface area contributed by atoms with Crippen molar-refractivity contribution in [1.29, 1.82) is 0 Å². The summed E-state index contributed by atoms with van der Waals surface area (Å²) >= 11 is 0. The first-order chi connectivity index (χ1) is 15.5. The third-order valence-corrected chi connectivity index (χ3v) is 6.92. The molecule has 5 heteroatoms. The number of aryl methyl sites for hydroxylation is 2. The smallest absolute Gasteiger partial charge is 0.254 e. The summed E-state index contributed by atoms with van der Waals surface area (Å²) in [6.07, 6.45) is 4.40. The zero-order chi connectivity index (χ0) is 22.5. The summed E-state index contributed by atoms with van der Waals surface area (Å²) in [5, 5.41) is 0. The fraction of sp³-hybridized carbons (Fsp3) is 0.519. The van der Waals surface area contributed by atoms with Crippen LogP contribution in [-0.2, 0) is 6.42 Å². The van der Waals surface area contributed by atoms with Crippen LogP contribution in [0.4, 0.5) is 0 Å². The van der Waals surface area contributed by atoms with Crippen molar-refractivity contribution in [3.05, 3.63) is 58.7 Å². The summed E-state index contributed by atoms with van der Waals surface area (Å²) in [5.41, 5.74) is 4.63. The van der Waals surface area contributed by atoms with E-state index in [1.165, 1.54) is 29.5 Å². The molecule has 1 unspecified atom stereocenters. The Hall–Kier alpha value is -2.53. The van der Waals surface area contributed by atoms with Crippen LogP contribution >= 0.6 is 0 Å². The molecule has 2 aliphatic rings. The molecule has 32 heavy (non-hydrogen) atoms. The van der Waals surface area contributed by atoms with E-state index in [2.05, 4.69) is 35.8 Å². The summed E-state index contributed by atoms with van der Waals surface area (Å²) in [5.74, 6) is 2.51. The number of likely N-dealkylation sites (tertiary alicyclic amines) is 1. The summed E-state index contributed by atoms with van der Waals surface area (Å²) in [6.45, 7) is 9.94. The van der Waals surface area contributed by atoms with Gasteiger partial charge in [-0.1, -0.05) is 6.07 Å². The third kappa shape index (κ3) is 5.44. The molecule has 1 amide bonds. The average molecular weight is 437 g/mol. The zero-order valence-electron chi connectivity index (χ0n) is 19.7. The van der Waals surface area contributed by atoms with E-state index in [0.717, 1.165) is 62.6 Å². The van der Waals surface area contributed by atoms with E-state index in [0.29, 0.717) is 12.5 Å². The lowest BCUT2D eigenvalue weighted by Crippen LogP contribution is -2.45. The van der Waals surface area contributed by atoms with Crippen molar-refractivity contribution >= 4 is 5.91 Å². The summed E-state index contributed by atoms with van der Waals surface area (Å²) in [7, 11) is 1.67. The Balaban J connectivity index is 1.23. The monoisotopic (exact) mass is 436 g/mol. The molecule has 0 saturated carbocycles. The number of carbonyl (C=O) groups is 1. The number of methoxy groups -OCH3 is 1. The van der Waals surface area contributed by atoms with E-state index in [-0.39, 0.29) is 5.91 Å². The third-order valence-electron chi connectivity index (χ3n) is 6.92. The second kappa shape index (κ2) is 10.4. The molecule has 1 atom stereocenters. The first-order valence-electron chi connectivity index (χ1n) is 11.9. The Bertz CT molecular complexity index is 925. The normalized spacial score (nSPS) is 19.0. The minimum Gasteiger partial charge on any atom is -0.497 e. The van der Waals surface area contributed by atoms with Crippen molar-refractivity contribution in [2.24, 2.45) is 5.92 Å². The van der Waals surface area contributed by atoms with Gasteiger partial charge in [-0.2, -0.15) is 0 Å². The highest BCUT2D eigenvalue weighted by molar-refractivity contribution is 5.97. The van der Waals surface area contributed by atoms with E-state index in [9.17, 15) is 4.79 Å². The van der Waals surface area contributed by atoms with E-state index < -0.39 is 0 Å². The molecule has 0 N–H and O–H groups in total. The summed E-state index contributed by atoms with van der Waals surface area (Å²) in [4.78, 5) is 17.7. The molecule has 0 aliphatic carbocycles. The summed E-state index contributed by atoms with van der Waals surface area (Å²) in [6, 6.07) is 12.0. The van der Waals surface area contributed by atoms with Crippen LogP contribution in [0.3, 0.4) is 0 Å². The minimum absolute atomic E-state index is 0.222. The van der Waals surface area contributed by atoms with E-state index >= 15 is 0 Å². The molecule has 172 valence electrons. The van der Waals surface area contributed by atoms with E-state index in [1.807, 2.05) is 24.3 Å². The second-order valence-electron chi connectivity index (χ2n) is 9.28. The van der Waals surface area contributed by atoms with Gasteiger partial charge in [0.25, 0.3) is 5.91 Å². The lowest BCUT2D eigenvalue weighted by molar-refractivity contribution is 0.0658. The van der Waals surface area contributed by atoms with Crippen molar-refractivity contribution in [2.45, 2.75) is 39.5 Å². The van der Waals surface area contributed by atoms with Gasteiger partial charge < -0.3 is 19.3 Å². The number of benzene rings is 2. The maximum Gasteiger partial charge on any atom is 0.254 e. The highest BCUT2D eigenvalue weighted by Gasteiger charge is 2.28. The van der Waals surface area contributed by atoms with Crippen LogP contribution in [0.2, 0.25) is 0 Å². The van der Waals surface area contributed by atoms with Gasteiger partial charge >= 0.3 is 0 Å². The van der Waals surface area contributed by atoms with Gasteiger partial charge in [0.1, 0.15) is 11.5 Å². The van der Waals surface area contributed by atoms with Gasteiger partial charge in [0.05, 0.1) is 13.7 Å². The first-order valence-corrected chi connectivity index (χ1v) is 11.9. The summed E-state index contributed by atoms with van der Waals surface area (Å²) < 4.78 is 11.1.